The van der Waals surface area contributed by atoms with E-state index in [-0.39, 0.29) is 5.41 Å². The van der Waals surface area contributed by atoms with Crippen LogP contribution in [-0.2, 0) is 4.79 Å². The molecule has 2 rings (SSSR count). The number of hydrogen-bond donors (Lipinski definition) is 0. The van der Waals surface area contributed by atoms with Crippen molar-refractivity contribution >= 4 is 6.29 Å². The number of likely N-dealkylation sites (tertiary alicyclic amines) is 1. The first-order chi connectivity index (χ1) is 9.17. The molecule has 1 aliphatic carbocycles. The minimum absolute atomic E-state index is 0.0153. The summed E-state index contributed by atoms with van der Waals surface area (Å²) in [7, 11) is 0. The molecular weight excluding hydrogens is 234 g/mol. The molecule has 1 heterocycles. The molecule has 0 spiro atoms. The maximum atomic E-state index is 11.6. The van der Waals surface area contributed by atoms with Crippen LogP contribution in [0.2, 0.25) is 0 Å². The highest BCUT2D eigenvalue weighted by Crippen LogP contribution is 2.38. The Morgan fingerprint density at radius 3 is 2.53 bits per heavy atom. The zero-order valence-electron chi connectivity index (χ0n) is 12.9. The van der Waals surface area contributed by atoms with E-state index in [0.717, 1.165) is 31.2 Å². The van der Waals surface area contributed by atoms with Crippen molar-refractivity contribution in [3.63, 3.8) is 0 Å². The molecule has 0 amide bonds. The van der Waals surface area contributed by atoms with Gasteiger partial charge in [0.15, 0.2) is 0 Å². The van der Waals surface area contributed by atoms with Gasteiger partial charge in [-0.25, -0.2) is 0 Å². The molecule has 1 saturated heterocycles. The van der Waals surface area contributed by atoms with E-state index in [1.807, 2.05) is 0 Å². The van der Waals surface area contributed by atoms with E-state index in [4.69, 9.17) is 0 Å². The van der Waals surface area contributed by atoms with Crippen LogP contribution in [0, 0.1) is 17.3 Å². The second-order valence-electron chi connectivity index (χ2n) is 7.14. The van der Waals surface area contributed by atoms with E-state index in [0.29, 0.717) is 0 Å². The van der Waals surface area contributed by atoms with Crippen molar-refractivity contribution in [2.75, 3.05) is 19.6 Å². The number of rotatable bonds is 4. The average molecular weight is 265 g/mol. The van der Waals surface area contributed by atoms with Gasteiger partial charge in [-0.05, 0) is 69.9 Å². The van der Waals surface area contributed by atoms with Crippen molar-refractivity contribution < 1.29 is 4.79 Å². The van der Waals surface area contributed by atoms with Crippen LogP contribution in [0.1, 0.15) is 65.2 Å². The van der Waals surface area contributed by atoms with Gasteiger partial charge >= 0.3 is 0 Å². The largest absolute Gasteiger partial charge is 0.303 e. The third-order valence-electron chi connectivity index (χ3n) is 5.58. The molecule has 2 aliphatic rings. The van der Waals surface area contributed by atoms with Crippen molar-refractivity contribution in [3.8, 4) is 0 Å². The van der Waals surface area contributed by atoms with E-state index in [2.05, 4.69) is 18.7 Å². The van der Waals surface area contributed by atoms with Crippen molar-refractivity contribution in [1.29, 1.82) is 0 Å². The number of nitrogens with zero attached hydrogens (tertiary/aromatic N) is 1. The van der Waals surface area contributed by atoms with Crippen molar-refractivity contribution in [3.05, 3.63) is 0 Å². The second kappa shape index (κ2) is 6.88. The van der Waals surface area contributed by atoms with Crippen molar-refractivity contribution in [2.45, 2.75) is 65.2 Å². The Morgan fingerprint density at radius 2 is 1.89 bits per heavy atom. The molecule has 1 unspecified atom stereocenters. The molecule has 1 atom stereocenters. The first-order valence-corrected chi connectivity index (χ1v) is 8.36. The van der Waals surface area contributed by atoms with Gasteiger partial charge in [0.05, 0.1) is 0 Å². The summed E-state index contributed by atoms with van der Waals surface area (Å²) in [5, 5.41) is 0. The van der Waals surface area contributed by atoms with Crippen molar-refractivity contribution in [2.24, 2.45) is 17.3 Å². The highest BCUT2D eigenvalue weighted by atomic mass is 16.1. The fraction of sp³-hybridized carbons (Fsp3) is 0.941. The highest BCUT2D eigenvalue weighted by molar-refractivity contribution is 5.60. The molecule has 19 heavy (non-hydrogen) atoms. The molecule has 0 aromatic heterocycles. The molecule has 0 aromatic rings. The Balaban J connectivity index is 1.89. The lowest BCUT2D eigenvalue weighted by atomic mass is 9.71. The molecule has 0 N–H and O–H groups in total. The third-order valence-corrected chi connectivity index (χ3v) is 5.58. The summed E-state index contributed by atoms with van der Waals surface area (Å²) in [6.45, 7) is 8.09. The van der Waals surface area contributed by atoms with Gasteiger partial charge in [0.2, 0.25) is 0 Å². The fourth-order valence-electron chi connectivity index (χ4n) is 3.89. The average Bonchev–Trinajstić information content (AvgIpc) is 2.67. The summed E-state index contributed by atoms with van der Waals surface area (Å²) in [5.74, 6) is 1.74. The predicted molar refractivity (Wildman–Crippen MR) is 80.2 cm³/mol. The number of carbonyl (C=O) groups is 1. The second-order valence-corrected chi connectivity index (χ2v) is 7.14. The molecule has 110 valence electrons. The smallest absolute Gasteiger partial charge is 0.127 e. The van der Waals surface area contributed by atoms with E-state index in [9.17, 15) is 4.79 Å². The lowest BCUT2D eigenvalue weighted by Gasteiger charge is -2.38. The van der Waals surface area contributed by atoms with Crippen LogP contribution in [-0.4, -0.2) is 30.8 Å². The normalized spacial score (nSPS) is 37.8. The first-order valence-electron chi connectivity index (χ1n) is 8.36. The molecule has 1 aliphatic heterocycles. The highest BCUT2D eigenvalue weighted by Gasteiger charge is 2.35. The molecule has 2 nitrogen and oxygen atoms in total. The number of aldehydes is 1. The molecular formula is C17H31NO. The van der Waals surface area contributed by atoms with Crippen LogP contribution in [0.25, 0.3) is 0 Å². The number of carbonyl (C=O) groups excluding carboxylic acids is 1. The van der Waals surface area contributed by atoms with Gasteiger partial charge < -0.3 is 9.69 Å². The van der Waals surface area contributed by atoms with Gasteiger partial charge in [0, 0.05) is 12.0 Å². The fourth-order valence-corrected chi connectivity index (χ4v) is 3.89. The van der Waals surface area contributed by atoms with Crippen LogP contribution in [0.5, 0.6) is 0 Å². The molecule has 1 saturated carbocycles. The third kappa shape index (κ3) is 4.05. The molecule has 0 aromatic carbocycles. The summed E-state index contributed by atoms with van der Waals surface area (Å²) in [6.07, 6.45) is 11.4. The topological polar surface area (TPSA) is 20.3 Å². The Labute approximate surface area is 118 Å². The summed E-state index contributed by atoms with van der Waals surface area (Å²) in [5.41, 5.74) is -0.0153. The SMILES string of the molecule is CCC1CCCN(CC2(C=O)CCC(C)CC2)CC1. The zero-order valence-corrected chi connectivity index (χ0v) is 12.9. The lowest BCUT2D eigenvalue weighted by molar-refractivity contribution is -0.119. The summed E-state index contributed by atoms with van der Waals surface area (Å²) >= 11 is 0. The molecule has 0 radical (unpaired) electrons. The van der Waals surface area contributed by atoms with E-state index >= 15 is 0 Å². The van der Waals surface area contributed by atoms with Crippen LogP contribution in [0.3, 0.4) is 0 Å². The van der Waals surface area contributed by atoms with Gasteiger partial charge in [-0.1, -0.05) is 20.3 Å². The van der Waals surface area contributed by atoms with Crippen LogP contribution >= 0.6 is 0 Å². The molecule has 2 heteroatoms. The quantitative estimate of drug-likeness (QED) is 0.719. The van der Waals surface area contributed by atoms with Gasteiger partial charge in [0.25, 0.3) is 0 Å². The maximum Gasteiger partial charge on any atom is 0.127 e. The van der Waals surface area contributed by atoms with E-state index in [1.54, 1.807) is 0 Å². The first kappa shape index (κ1) is 15.0. The van der Waals surface area contributed by atoms with Crippen molar-refractivity contribution in [1.82, 2.24) is 4.90 Å². The predicted octanol–water partition coefficient (Wildman–Crippen LogP) is 3.89. The van der Waals surface area contributed by atoms with Crippen LogP contribution in [0.15, 0.2) is 0 Å². The number of hydrogen-bond acceptors (Lipinski definition) is 2. The minimum atomic E-state index is -0.0153. The maximum absolute atomic E-state index is 11.6. The van der Waals surface area contributed by atoms with Gasteiger partial charge in [-0.2, -0.15) is 0 Å². The lowest BCUT2D eigenvalue weighted by Crippen LogP contribution is -2.41. The summed E-state index contributed by atoms with van der Waals surface area (Å²) < 4.78 is 0. The zero-order chi connectivity index (χ0) is 13.7. The molecule has 0 bridgehead atoms. The van der Waals surface area contributed by atoms with E-state index < -0.39 is 0 Å². The van der Waals surface area contributed by atoms with Gasteiger partial charge in [-0.3, -0.25) is 0 Å². The van der Waals surface area contributed by atoms with Crippen LogP contribution in [0.4, 0.5) is 0 Å². The Bertz CT molecular complexity index is 281. The minimum Gasteiger partial charge on any atom is -0.303 e. The summed E-state index contributed by atoms with van der Waals surface area (Å²) in [6, 6.07) is 0. The van der Waals surface area contributed by atoms with Gasteiger partial charge in [-0.15, -0.1) is 0 Å². The summed E-state index contributed by atoms with van der Waals surface area (Å²) in [4.78, 5) is 14.2. The van der Waals surface area contributed by atoms with Gasteiger partial charge in [0.1, 0.15) is 6.29 Å². The van der Waals surface area contributed by atoms with Crippen LogP contribution < -0.4 is 0 Å². The standard InChI is InChI=1S/C17H31NO/c1-3-16-5-4-11-18(12-8-16)13-17(14-19)9-6-15(2)7-10-17/h14-16H,3-13H2,1-2H3. The monoisotopic (exact) mass is 265 g/mol. The van der Waals surface area contributed by atoms with E-state index in [1.165, 1.54) is 57.9 Å². The Hall–Kier alpha value is -0.370. The Kier molecular flexibility index (Phi) is 5.44. The molecule has 2 fully saturated rings. The Morgan fingerprint density at radius 1 is 1.16 bits per heavy atom.